The van der Waals surface area contributed by atoms with Gasteiger partial charge in [0.1, 0.15) is 4.21 Å². The minimum atomic E-state index is -3.63. The molecular weight excluding hydrogens is 324 g/mol. The number of sulfonamides is 1. The van der Waals surface area contributed by atoms with E-state index in [2.05, 4.69) is 16.5 Å². The van der Waals surface area contributed by atoms with Crippen molar-refractivity contribution >= 4 is 42.9 Å². The SMILES string of the molecule is Cc1cc(C)c2c(c1)sc(=NS(=O)(=O)c1cccs1)n2C. The molecule has 0 aliphatic carbocycles. The third kappa shape index (κ3) is 2.56. The molecule has 0 aliphatic rings. The highest BCUT2D eigenvalue weighted by Crippen LogP contribution is 2.23. The molecule has 0 radical (unpaired) electrons. The molecule has 2 aromatic heterocycles. The third-order valence-electron chi connectivity index (χ3n) is 3.18. The Hall–Kier alpha value is -1.44. The Morgan fingerprint density at radius 1 is 1.24 bits per heavy atom. The molecule has 4 nitrogen and oxygen atoms in total. The van der Waals surface area contributed by atoms with E-state index >= 15 is 0 Å². The lowest BCUT2D eigenvalue weighted by Gasteiger charge is -2.01. The van der Waals surface area contributed by atoms with Gasteiger partial charge in [0.2, 0.25) is 4.80 Å². The molecule has 0 bridgehead atoms. The smallest absolute Gasteiger partial charge is 0.294 e. The van der Waals surface area contributed by atoms with Crippen LogP contribution in [0.25, 0.3) is 10.2 Å². The molecule has 0 atom stereocenters. The predicted octanol–water partition coefficient (Wildman–Crippen LogP) is 3.21. The van der Waals surface area contributed by atoms with Gasteiger partial charge in [-0.1, -0.05) is 23.5 Å². The summed E-state index contributed by atoms with van der Waals surface area (Å²) >= 11 is 2.58. The molecule has 0 saturated carbocycles. The predicted molar refractivity (Wildman–Crippen MR) is 87.3 cm³/mol. The number of rotatable bonds is 2. The first kappa shape index (κ1) is 14.5. The van der Waals surface area contributed by atoms with Crippen LogP contribution >= 0.6 is 22.7 Å². The van der Waals surface area contributed by atoms with Crippen molar-refractivity contribution in [3.8, 4) is 0 Å². The highest BCUT2D eigenvalue weighted by atomic mass is 32.2. The summed E-state index contributed by atoms with van der Waals surface area (Å²) in [6.45, 7) is 4.06. The van der Waals surface area contributed by atoms with Crippen molar-refractivity contribution in [3.63, 3.8) is 0 Å². The van der Waals surface area contributed by atoms with Crippen molar-refractivity contribution in [3.05, 3.63) is 45.6 Å². The molecule has 0 fully saturated rings. The second-order valence-electron chi connectivity index (χ2n) is 4.87. The molecule has 3 rings (SSSR count). The molecule has 0 aliphatic heterocycles. The minimum absolute atomic E-state index is 0.271. The molecule has 0 N–H and O–H groups in total. The van der Waals surface area contributed by atoms with Crippen LogP contribution in [0.2, 0.25) is 0 Å². The zero-order chi connectivity index (χ0) is 15.2. The molecule has 1 aromatic carbocycles. The lowest BCUT2D eigenvalue weighted by molar-refractivity contribution is 0.598. The molecule has 21 heavy (non-hydrogen) atoms. The van der Waals surface area contributed by atoms with Crippen LogP contribution in [0, 0.1) is 13.8 Å². The van der Waals surface area contributed by atoms with Crippen LogP contribution in [0.5, 0.6) is 0 Å². The summed E-state index contributed by atoms with van der Waals surface area (Å²) in [6, 6.07) is 7.44. The van der Waals surface area contributed by atoms with Crippen LogP contribution < -0.4 is 4.80 Å². The Morgan fingerprint density at radius 2 is 2.00 bits per heavy atom. The first-order valence-corrected chi connectivity index (χ1v) is 9.43. The fourth-order valence-corrected chi connectivity index (χ4v) is 5.72. The number of aryl methyl sites for hydroxylation is 3. The van der Waals surface area contributed by atoms with Gasteiger partial charge in [-0.25, -0.2) is 0 Å². The summed E-state index contributed by atoms with van der Waals surface area (Å²) < 4.78 is 31.7. The number of aromatic nitrogens is 1. The van der Waals surface area contributed by atoms with E-state index in [1.54, 1.807) is 17.5 Å². The molecule has 110 valence electrons. The van der Waals surface area contributed by atoms with Crippen molar-refractivity contribution in [1.29, 1.82) is 0 Å². The number of nitrogens with zero attached hydrogens (tertiary/aromatic N) is 2. The Labute approximate surface area is 131 Å². The molecular formula is C14H14N2O2S3. The average Bonchev–Trinajstić information content (AvgIpc) is 2.98. The summed E-state index contributed by atoms with van der Waals surface area (Å²) in [5.41, 5.74) is 3.32. The van der Waals surface area contributed by atoms with E-state index in [-0.39, 0.29) is 4.21 Å². The number of fused-ring (bicyclic) bond motifs is 1. The van der Waals surface area contributed by atoms with E-state index in [1.165, 1.54) is 22.7 Å². The monoisotopic (exact) mass is 338 g/mol. The molecule has 2 heterocycles. The van der Waals surface area contributed by atoms with E-state index < -0.39 is 10.0 Å². The van der Waals surface area contributed by atoms with Gasteiger partial charge in [0.05, 0.1) is 10.2 Å². The lowest BCUT2D eigenvalue weighted by atomic mass is 10.1. The summed E-state index contributed by atoms with van der Waals surface area (Å²) in [5.74, 6) is 0. The maximum atomic E-state index is 12.3. The first-order valence-electron chi connectivity index (χ1n) is 6.30. The fraction of sp³-hybridized carbons (Fsp3) is 0.214. The van der Waals surface area contributed by atoms with E-state index in [0.717, 1.165) is 21.3 Å². The number of hydrogen-bond acceptors (Lipinski definition) is 4. The first-order chi connectivity index (χ1) is 9.88. The Kier molecular flexibility index (Phi) is 3.51. The zero-order valence-corrected chi connectivity index (χ0v) is 14.3. The van der Waals surface area contributed by atoms with E-state index in [9.17, 15) is 8.42 Å². The Morgan fingerprint density at radius 3 is 2.67 bits per heavy atom. The number of benzene rings is 1. The molecule has 7 heteroatoms. The van der Waals surface area contributed by atoms with Gasteiger partial charge in [-0.3, -0.25) is 0 Å². The topological polar surface area (TPSA) is 51.4 Å². The molecule has 3 aromatic rings. The van der Waals surface area contributed by atoms with Crippen LogP contribution in [0.1, 0.15) is 11.1 Å². The van der Waals surface area contributed by atoms with Crippen molar-refractivity contribution in [2.75, 3.05) is 0 Å². The number of thiazole rings is 1. The van der Waals surface area contributed by atoms with Crippen molar-refractivity contribution in [1.82, 2.24) is 4.57 Å². The number of hydrogen-bond donors (Lipinski definition) is 0. The van der Waals surface area contributed by atoms with Crippen molar-refractivity contribution in [2.24, 2.45) is 11.4 Å². The van der Waals surface area contributed by atoms with Crippen molar-refractivity contribution < 1.29 is 8.42 Å². The number of thiophene rings is 1. The average molecular weight is 338 g/mol. The second-order valence-corrected chi connectivity index (χ2v) is 8.66. The molecule has 0 spiro atoms. The van der Waals surface area contributed by atoms with Crippen molar-refractivity contribution in [2.45, 2.75) is 18.1 Å². The summed E-state index contributed by atoms with van der Waals surface area (Å²) in [4.78, 5) is 0.493. The van der Waals surface area contributed by atoms with E-state index in [0.29, 0.717) is 4.80 Å². The Bertz CT molecular complexity index is 977. The molecule has 0 unspecified atom stereocenters. The largest absolute Gasteiger partial charge is 0.319 e. The van der Waals surface area contributed by atoms with Gasteiger partial charge in [0.25, 0.3) is 10.0 Å². The van der Waals surface area contributed by atoms with Gasteiger partial charge < -0.3 is 4.57 Å². The van der Waals surface area contributed by atoms with Gasteiger partial charge in [-0.15, -0.1) is 15.7 Å². The van der Waals surface area contributed by atoms with Crippen LogP contribution in [-0.4, -0.2) is 13.0 Å². The van der Waals surface area contributed by atoms with Gasteiger partial charge in [-0.2, -0.15) is 8.42 Å². The van der Waals surface area contributed by atoms with Crippen LogP contribution in [0.3, 0.4) is 0 Å². The minimum Gasteiger partial charge on any atom is -0.319 e. The zero-order valence-electron chi connectivity index (χ0n) is 11.8. The van der Waals surface area contributed by atoms with Crippen LogP contribution in [0.4, 0.5) is 0 Å². The van der Waals surface area contributed by atoms with Crippen LogP contribution in [0.15, 0.2) is 38.3 Å². The summed E-state index contributed by atoms with van der Waals surface area (Å²) in [5, 5.41) is 1.74. The fourth-order valence-electron chi connectivity index (χ4n) is 2.33. The normalized spacial score (nSPS) is 13.2. The maximum Gasteiger partial charge on any atom is 0.294 e. The standard InChI is InChI=1S/C14H14N2O2S3/c1-9-7-10(2)13-11(8-9)20-14(16(13)3)15-21(17,18)12-5-4-6-19-12/h4-8H,1-3H3. The summed E-state index contributed by atoms with van der Waals surface area (Å²) in [6.07, 6.45) is 0. The third-order valence-corrected chi connectivity index (χ3v) is 7.02. The van der Waals surface area contributed by atoms with Gasteiger partial charge >= 0.3 is 0 Å². The molecule has 0 amide bonds. The Balaban J connectivity index is 2.29. The highest BCUT2D eigenvalue weighted by Gasteiger charge is 2.15. The van der Waals surface area contributed by atoms with Crippen LogP contribution in [-0.2, 0) is 17.1 Å². The highest BCUT2D eigenvalue weighted by molar-refractivity contribution is 7.92. The van der Waals surface area contributed by atoms with E-state index in [1.807, 2.05) is 25.5 Å². The van der Waals surface area contributed by atoms with Gasteiger partial charge in [0, 0.05) is 7.05 Å². The maximum absolute atomic E-state index is 12.3. The van der Waals surface area contributed by atoms with Gasteiger partial charge in [0.15, 0.2) is 0 Å². The quantitative estimate of drug-likeness (QED) is 0.720. The van der Waals surface area contributed by atoms with E-state index in [4.69, 9.17) is 0 Å². The van der Waals surface area contributed by atoms with Gasteiger partial charge in [-0.05, 0) is 42.5 Å². The molecule has 0 saturated heterocycles. The lowest BCUT2D eigenvalue weighted by Crippen LogP contribution is -2.13. The second kappa shape index (κ2) is 5.08. The summed E-state index contributed by atoms with van der Waals surface area (Å²) in [7, 11) is -1.78.